The number of benzene rings is 1. The first-order valence-electron chi connectivity index (χ1n) is 4.61. The third kappa shape index (κ3) is 1.13. The van der Waals surface area contributed by atoms with Crippen LogP contribution in [0.4, 0.5) is 0 Å². The van der Waals surface area contributed by atoms with Crippen LogP contribution in [0.1, 0.15) is 12.5 Å². The van der Waals surface area contributed by atoms with Gasteiger partial charge in [-0.05, 0) is 5.56 Å². The second-order valence-corrected chi connectivity index (χ2v) is 3.63. The summed E-state index contributed by atoms with van der Waals surface area (Å²) in [4.78, 5) is 11.4. The Kier molecular flexibility index (Phi) is 2.04. The summed E-state index contributed by atoms with van der Waals surface area (Å²) in [6.45, 7) is 2.09. The molecule has 0 aromatic heterocycles. The van der Waals surface area contributed by atoms with Crippen LogP contribution in [0.5, 0.6) is 0 Å². The van der Waals surface area contributed by atoms with E-state index < -0.39 is 11.6 Å². The molecule has 2 rings (SSSR count). The predicted octanol–water partition coefficient (Wildman–Crippen LogP) is 1.07. The lowest BCUT2D eigenvalue weighted by atomic mass is 9.85. The first-order valence-corrected chi connectivity index (χ1v) is 4.61. The number of carbonyl (C=O) groups excluding carboxylic acids is 1. The van der Waals surface area contributed by atoms with Crippen molar-refractivity contribution >= 4 is 5.97 Å². The number of ether oxygens (including phenoxy) is 1. The van der Waals surface area contributed by atoms with Crippen LogP contribution in [0.2, 0.25) is 0 Å². The Morgan fingerprint density at radius 2 is 2.07 bits per heavy atom. The summed E-state index contributed by atoms with van der Waals surface area (Å²) in [6.07, 6.45) is 0. The molecule has 1 fully saturated rings. The van der Waals surface area contributed by atoms with Crippen molar-refractivity contribution in [2.75, 3.05) is 6.61 Å². The molecule has 74 valence electrons. The minimum absolute atomic E-state index is 0.197. The van der Waals surface area contributed by atoms with Gasteiger partial charge >= 0.3 is 5.97 Å². The maximum atomic E-state index is 11.4. The number of carbonyl (C=O) groups is 1. The minimum Gasteiger partial charge on any atom is -0.463 e. The molecule has 0 amide bonds. The molecule has 1 heterocycles. The molecule has 0 radical (unpaired) electrons. The topological polar surface area (TPSA) is 46.5 Å². The van der Waals surface area contributed by atoms with Crippen molar-refractivity contribution in [1.82, 2.24) is 0 Å². The van der Waals surface area contributed by atoms with Crippen LogP contribution in [0.15, 0.2) is 30.3 Å². The number of aliphatic hydroxyl groups is 1. The summed E-state index contributed by atoms with van der Waals surface area (Å²) in [5.41, 5.74) is -0.851. The van der Waals surface area contributed by atoms with Gasteiger partial charge in [0.25, 0.3) is 0 Å². The van der Waals surface area contributed by atoms with Crippen molar-refractivity contribution < 1.29 is 14.6 Å². The van der Waals surface area contributed by atoms with Crippen LogP contribution in [0.25, 0.3) is 0 Å². The molecular formula is C11H12O3. The molecule has 0 unspecified atom stereocenters. The molecule has 0 bridgehead atoms. The summed E-state index contributed by atoms with van der Waals surface area (Å²) in [7, 11) is 0. The number of hydrogen-bond acceptors (Lipinski definition) is 3. The molecule has 0 saturated carbocycles. The highest BCUT2D eigenvalue weighted by molar-refractivity contribution is 5.83. The van der Waals surface area contributed by atoms with Gasteiger partial charge in [0.15, 0.2) is 5.60 Å². The predicted molar refractivity (Wildman–Crippen MR) is 50.5 cm³/mol. The van der Waals surface area contributed by atoms with E-state index in [-0.39, 0.29) is 12.5 Å². The maximum absolute atomic E-state index is 11.4. The standard InChI is InChI=1S/C11H12O3/c1-8-7-14-10(12)11(8,13)9-5-3-2-4-6-9/h2-6,8,13H,7H2,1H3/t8-,11-/m1/s1. The van der Waals surface area contributed by atoms with E-state index in [4.69, 9.17) is 4.74 Å². The van der Waals surface area contributed by atoms with Gasteiger partial charge in [-0.1, -0.05) is 37.3 Å². The van der Waals surface area contributed by atoms with Crippen molar-refractivity contribution in [3.05, 3.63) is 35.9 Å². The quantitative estimate of drug-likeness (QED) is 0.677. The third-order valence-electron chi connectivity index (χ3n) is 2.70. The highest BCUT2D eigenvalue weighted by Gasteiger charge is 2.50. The first kappa shape index (κ1) is 9.21. The second kappa shape index (κ2) is 3.10. The van der Waals surface area contributed by atoms with Crippen molar-refractivity contribution in [3.63, 3.8) is 0 Å². The van der Waals surface area contributed by atoms with E-state index in [1.807, 2.05) is 6.07 Å². The van der Waals surface area contributed by atoms with E-state index in [2.05, 4.69) is 0 Å². The van der Waals surface area contributed by atoms with Crippen molar-refractivity contribution in [2.24, 2.45) is 5.92 Å². The van der Waals surface area contributed by atoms with Gasteiger partial charge in [-0.15, -0.1) is 0 Å². The summed E-state index contributed by atoms with van der Waals surface area (Å²) in [5, 5.41) is 10.2. The lowest BCUT2D eigenvalue weighted by Gasteiger charge is -2.22. The molecule has 0 spiro atoms. The van der Waals surface area contributed by atoms with Crippen molar-refractivity contribution in [3.8, 4) is 0 Å². The van der Waals surface area contributed by atoms with E-state index in [9.17, 15) is 9.90 Å². The molecule has 1 aliphatic heterocycles. The molecule has 14 heavy (non-hydrogen) atoms. The monoisotopic (exact) mass is 192 g/mol. The fourth-order valence-corrected chi connectivity index (χ4v) is 1.73. The van der Waals surface area contributed by atoms with E-state index in [0.717, 1.165) is 0 Å². The van der Waals surface area contributed by atoms with Gasteiger partial charge in [0.1, 0.15) is 0 Å². The molecule has 3 heteroatoms. The van der Waals surface area contributed by atoms with Crippen molar-refractivity contribution in [1.29, 1.82) is 0 Å². The molecule has 0 aliphatic carbocycles. The minimum atomic E-state index is -1.46. The summed E-state index contributed by atoms with van der Waals surface area (Å²) < 4.78 is 4.85. The van der Waals surface area contributed by atoms with Crippen LogP contribution >= 0.6 is 0 Å². The molecule has 2 atom stereocenters. The largest absolute Gasteiger partial charge is 0.463 e. The maximum Gasteiger partial charge on any atom is 0.343 e. The van der Waals surface area contributed by atoms with Crippen LogP contribution in [-0.2, 0) is 15.1 Å². The van der Waals surface area contributed by atoms with Crippen LogP contribution in [0.3, 0.4) is 0 Å². The highest BCUT2D eigenvalue weighted by atomic mass is 16.6. The van der Waals surface area contributed by atoms with Gasteiger partial charge in [0, 0.05) is 5.92 Å². The smallest absolute Gasteiger partial charge is 0.343 e. The third-order valence-corrected chi connectivity index (χ3v) is 2.70. The number of cyclic esters (lactones) is 1. The number of esters is 1. The fraction of sp³-hybridized carbons (Fsp3) is 0.364. The molecule has 1 saturated heterocycles. The van der Waals surface area contributed by atoms with Crippen LogP contribution in [0, 0.1) is 5.92 Å². The first-order chi connectivity index (χ1) is 6.65. The van der Waals surface area contributed by atoms with Gasteiger partial charge in [-0.3, -0.25) is 0 Å². The molecule has 1 aromatic carbocycles. The van der Waals surface area contributed by atoms with Gasteiger partial charge in [0.05, 0.1) is 6.61 Å². The SMILES string of the molecule is C[C@@H]1COC(=O)[C@]1(O)c1ccccc1. The van der Waals surface area contributed by atoms with Gasteiger partial charge < -0.3 is 9.84 Å². The lowest BCUT2D eigenvalue weighted by molar-refractivity contribution is -0.155. The Bertz CT molecular complexity index is 347. The Morgan fingerprint density at radius 1 is 1.43 bits per heavy atom. The summed E-state index contributed by atoms with van der Waals surface area (Å²) in [5.74, 6) is -0.742. The highest BCUT2D eigenvalue weighted by Crippen LogP contribution is 2.35. The zero-order valence-corrected chi connectivity index (χ0v) is 7.93. The van der Waals surface area contributed by atoms with Crippen LogP contribution < -0.4 is 0 Å². The van der Waals surface area contributed by atoms with E-state index in [1.165, 1.54) is 0 Å². The van der Waals surface area contributed by atoms with Crippen molar-refractivity contribution in [2.45, 2.75) is 12.5 Å². The van der Waals surface area contributed by atoms with Gasteiger partial charge in [-0.25, -0.2) is 4.79 Å². The Balaban J connectivity index is 2.46. The lowest BCUT2D eigenvalue weighted by Crippen LogP contribution is -2.36. The average molecular weight is 192 g/mol. The molecule has 1 aromatic rings. The summed E-state index contributed by atoms with van der Waals surface area (Å²) >= 11 is 0. The number of rotatable bonds is 1. The zero-order chi connectivity index (χ0) is 10.2. The molecule has 1 aliphatic rings. The molecule has 1 N–H and O–H groups in total. The number of hydrogen-bond donors (Lipinski definition) is 1. The fourth-order valence-electron chi connectivity index (χ4n) is 1.73. The zero-order valence-electron chi connectivity index (χ0n) is 7.93. The van der Waals surface area contributed by atoms with E-state index in [0.29, 0.717) is 5.56 Å². The Hall–Kier alpha value is -1.35. The van der Waals surface area contributed by atoms with Gasteiger partial charge in [0.2, 0.25) is 0 Å². The normalized spacial score (nSPS) is 31.6. The molecule has 3 nitrogen and oxygen atoms in total. The van der Waals surface area contributed by atoms with E-state index in [1.54, 1.807) is 31.2 Å². The van der Waals surface area contributed by atoms with E-state index >= 15 is 0 Å². The second-order valence-electron chi connectivity index (χ2n) is 3.63. The van der Waals surface area contributed by atoms with Gasteiger partial charge in [-0.2, -0.15) is 0 Å². The Labute approximate surface area is 82.3 Å². The molecular weight excluding hydrogens is 180 g/mol. The summed E-state index contributed by atoms with van der Waals surface area (Å²) in [6, 6.07) is 8.92. The van der Waals surface area contributed by atoms with Crippen LogP contribution in [-0.4, -0.2) is 17.7 Å². The average Bonchev–Trinajstić information content (AvgIpc) is 2.49. The Morgan fingerprint density at radius 3 is 2.57 bits per heavy atom.